The number of nitrogens with one attached hydrogen (secondary N) is 1. The zero-order chi connectivity index (χ0) is 14.7. The first-order chi connectivity index (χ1) is 9.49. The van der Waals surface area contributed by atoms with E-state index in [0.717, 1.165) is 12.1 Å². The molecule has 1 fully saturated rings. The Labute approximate surface area is 121 Å². The van der Waals surface area contributed by atoms with Crippen molar-refractivity contribution in [1.82, 2.24) is 5.32 Å². The number of benzene rings is 1. The molecule has 0 spiro atoms. The Hall–Kier alpha value is -1.71. The molecular formula is C16H25N3O. The van der Waals surface area contributed by atoms with Crippen molar-refractivity contribution in [3.63, 3.8) is 0 Å². The molecule has 0 heterocycles. The van der Waals surface area contributed by atoms with Crippen LogP contribution in [0.4, 0.5) is 11.4 Å². The predicted molar refractivity (Wildman–Crippen MR) is 84.1 cm³/mol. The van der Waals surface area contributed by atoms with Gasteiger partial charge < -0.3 is 16.0 Å². The second-order valence-electron chi connectivity index (χ2n) is 6.01. The van der Waals surface area contributed by atoms with Crippen LogP contribution in [0.25, 0.3) is 0 Å². The van der Waals surface area contributed by atoms with Gasteiger partial charge in [-0.25, -0.2) is 0 Å². The van der Waals surface area contributed by atoms with Crippen molar-refractivity contribution < 1.29 is 4.79 Å². The van der Waals surface area contributed by atoms with Crippen LogP contribution in [0.15, 0.2) is 18.2 Å². The number of rotatable bonds is 3. The second-order valence-corrected chi connectivity index (χ2v) is 6.01. The topological polar surface area (TPSA) is 58.4 Å². The summed E-state index contributed by atoms with van der Waals surface area (Å²) in [5.41, 5.74) is 8.01. The number of hydrogen-bond donors (Lipinski definition) is 2. The third kappa shape index (κ3) is 3.24. The van der Waals surface area contributed by atoms with E-state index in [2.05, 4.69) is 12.2 Å². The van der Waals surface area contributed by atoms with Gasteiger partial charge in [-0.1, -0.05) is 19.8 Å². The van der Waals surface area contributed by atoms with E-state index in [1.54, 1.807) is 6.07 Å². The number of carbonyl (C=O) groups excluding carboxylic acids is 1. The first-order valence-corrected chi connectivity index (χ1v) is 7.36. The molecule has 4 nitrogen and oxygen atoms in total. The van der Waals surface area contributed by atoms with Crippen molar-refractivity contribution in [2.24, 2.45) is 5.92 Å². The van der Waals surface area contributed by atoms with E-state index in [4.69, 9.17) is 5.73 Å². The van der Waals surface area contributed by atoms with Crippen molar-refractivity contribution in [3.05, 3.63) is 23.8 Å². The summed E-state index contributed by atoms with van der Waals surface area (Å²) in [5, 5.41) is 3.19. The fraction of sp³-hybridized carbons (Fsp3) is 0.562. The normalized spacial score (nSPS) is 22.4. The van der Waals surface area contributed by atoms with Crippen molar-refractivity contribution in [3.8, 4) is 0 Å². The monoisotopic (exact) mass is 275 g/mol. The molecule has 20 heavy (non-hydrogen) atoms. The smallest absolute Gasteiger partial charge is 0.253 e. The Morgan fingerprint density at radius 1 is 1.30 bits per heavy atom. The largest absolute Gasteiger partial charge is 0.399 e. The predicted octanol–water partition coefficient (Wildman–Crippen LogP) is 2.64. The summed E-state index contributed by atoms with van der Waals surface area (Å²) in [5.74, 6) is 0.538. The fourth-order valence-electron chi connectivity index (χ4n) is 2.90. The zero-order valence-corrected chi connectivity index (χ0v) is 12.6. The number of nitrogen functional groups attached to an aromatic ring is 1. The maximum Gasteiger partial charge on any atom is 0.253 e. The number of hydrogen-bond acceptors (Lipinski definition) is 3. The van der Waals surface area contributed by atoms with Gasteiger partial charge in [-0.3, -0.25) is 4.79 Å². The van der Waals surface area contributed by atoms with Crippen LogP contribution in [0, 0.1) is 5.92 Å². The minimum absolute atomic E-state index is 0.0141. The molecule has 1 aromatic rings. The summed E-state index contributed by atoms with van der Waals surface area (Å²) in [6.07, 6.45) is 4.75. The summed E-state index contributed by atoms with van der Waals surface area (Å²) in [6, 6.07) is 5.77. The molecule has 1 saturated carbocycles. The van der Waals surface area contributed by atoms with Crippen LogP contribution < -0.4 is 16.0 Å². The lowest BCUT2D eigenvalue weighted by atomic mass is 9.86. The molecule has 1 amide bonds. The molecule has 110 valence electrons. The Bertz CT molecular complexity index is 485. The van der Waals surface area contributed by atoms with Crippen LogP contribution in [0.2, 0.25) is 0 Å². The van der Waals surface area contributed by atoms with Gasteiger partial charge in [-0.2, -0.15) is 0 Å². The van der Waals surface area contributed by atoms with E-state index >= 15 is 0 Å². The van der Waals surface area contributed by atoms with Crippen molar-refractivity contribution in [2.75, 3.05) is 24.7 Å². The molecule has 3 N–H and O–H groups in total. The van der Waals surface area contributed by atoms with Crippen molar-refractivity contribution in [2.45, 2.75) is 38.6 Å². The summed E-state index contributed by atoms with van der Waals surface area (Å²) >= 11 is 0. The van der Waals surface area contributed by atoms with E-state index in [0.29, 0.717) is 17.2 Å². The lowest BCUT2D eigenvalue weighted by molar-refractivity contribution is 0.0911. The fourth-order valence-corrected chi connectivity index (χ4v) is 2.90. The molecule has 0 radical (unpaired) electrons. The third-order valence-electron chi connectivity index (χ3n) is 4.18. The van der Waals surface area contributed by atoms with Crippen LogP contribution in [0.5, 0.6) is 0 Å². The third-order valence-corrected chi connectivity index (χ3v) is 4.18. The molecular weight excluding hydrogens is 250 g/mol. The van der Waals surface area contributed by atoms with Crippen LogP contribution in [-0.4, -0.2) is 26.0 Å². The van der Waals surface area contributed by atoms with Gasteiger partial charge in [0.2, 0.25) is 0 Å². The lowest BCUT2D eigenvalue weighted by Gasteiger charge is -2.30. The highest BCUT2D eigenvalue weighted by Gasteiger charge is 2.24. The van der Waals surface area contributed by atoms with E-state index in [9.17, 15) is 4.79 Å². The minimum atomic E-state index is -0.0141. The van der Waals surface area contributed by atoms with Gasteiger partial charge >= 0.3 is 0 Å². The quantitative estimate of drug-likeness (QED) is 0.834. The molecule has 2 rings (SSSR count). The number of anilines is 2. The van der Waals surface area contributed by atoms with Crippen molar-refractivity contribution >= 4 is 17.3 Å². The number of nitrogens with two attached hydrogens (primary N) is 1. The van der Waals surface area contributed by atoms with Gasteiger partial charge in [0.05, 0.1) is 5.56 Å². The van der Waals surface area contributed by atoms with Crippen LogP contribution in [-0.2, 0) is 0 Å². The van der Waals surface area contributed by atoms with Gasteiger partial charge in [-0.15, -0.1) is 0 Å². The van der Waals surface area contributed by atoms with E-state index in [-0.39, 0.29) is 11.9 Å². The van der Waals surface area contributed by atoms with Crippen LogP contribution in [0.3, 0.4) is 0 Å². The summed E-state index contributed by atoms with van der Waals surface area (Å²) in [4.78, 5) is 14.5. The lowest BCUT2D eigenvalue weighted by Crippen LogP contribution is -2.41. The molecule has 0 bridgehead atoms. The molecule has 4 heteroatoms. The summed E-state index contributed by atoms with van der Waals surface area (Å²) in [6.45, 7) is 2.22. The average Bonchev–Trinajstić information content (AvgIpc) is 2.40. The first kappa shape index (κ1) is 14.7. The molecule has 1 aromatic carbocycles. The Kier molecular flexibility index (Phi) is 4.53. The van der Waals surface area contributed by atoms with Gasteiger partial charge in [0.15, 0.2) is 0 Å². The number of amides is 1. The summed E-state index contributed by atoms with van der Waals surface area (Å²) < 4.78 is 0. The SMILES string of the molecule is C[C@H]1CCCC[C@H]1NC(=O)c1cc(N)ccc1N(C)C. The molecule has 0 aliphatic heterocycles. The van der Waals surface area contributed by atoms with Gasteiger partial charge in [-0.05, 0) is 37.0 Å². The highest BCUT2D eigenvalue weighted by Crippen LogP contribution is 2.26. The number of carbonyl (C=O) groups is 1. The standard InChI is InChI=1S/C16H25N3O/c1-11-6-4-5-7-14(11)18-16(20)13-10-12(17)8-9-15(13)19(2)3/h8-11,14H,4-7,17H2,1-3H3,(H,18,20)/t11-,14+/m0/s1. The van der Waals surface area contributed by atoms with Gasteiger partial charge in [0.25, 0.3) is 5.91 Å². The highest BCUT2D eigenvalue weighted by atomic mass is 16.1. The van der Waals surface area contributed by atoms with Gasteiger partial charge in [0.1, 0.15) is 0 Å². The minimum Gasteiger partial charge on any atom is -0.399 e. The van der Waals surface area contributed by atoms with Crippen LogP contribution in [0.1, 0.15) is 43.0 Å². The van der Waals surface area contributed by atoms with E-state index in [1.165, 1.54) is 19.3 Å². The maximum atomic E-state index is 12.5. The molecule has 0 unspecified atom stereocenters. The van der Waals surface area contributed by atoms with Gasteiger partial charge in [0, 0.05) is 31.5 Å². The second kappa shape index (κ2) is 6.16. The Morgan fingerprint density at radius 3 is 2.65 bits per heavy atom. The summed E-state index contributed by atoms with van der Waals surface area (Å²) in [7, 11) is 3.87. The van der Waals surface area contributed by atoms with E-state index in [1.807, 2.05) is 31.1 Å². The Balaban J connectivity index is 2.18. The Morgan fingerprint density at radius 2 is 2.00 bits per heavy atom. The zero-order valence-electron chi connectivity index (χ0n) is 12.6. The first-order valence-electron chi connectivity index (χ1n) is 7.36. The van der Waals surface area contributed by atoms with Crippen LogP contribution >= 0.6 is 0 Å². The average molecular weight is 275 g/mol. The number of nitrogens with zero attached hydrogens (tertiary/aromatic N) is 1. The molecule has 0 saturated heterocycles. The molecule has 1 aliphatic carbocycles. The maximum absolute atomic E-state index is 12.5. The highest BCUT2D eigenvalue weighted by molar-refractivity contribution is 6.00. The molecule has 2 atom stereocenters. The molecule has 0 aromatic heterocycles. The van der Waals surface area contributed by atoms with Crippen molar-refractivity contribution in [1.29, 1.82) is 0 Å². The molecule has 1 aliphatic rings. The van der Waals surface area contributed by atoms with E-state index < -0.39 is 0 Å².